The standard InChI is InChI=1S/C18H24/c1-6-10-15-13(8-3)16-11-17(16)18(12(5)7-2)14(15)9-4/h6-8,10,16-17H,3,9,11H2,1-2,4-5H3/b10-6-,12-7-. The van der Waals surface area contributed by atoms with Crippen molar-refractivity contribution in [2.45, 2.75) is 40.5 Å². The molecule has 0 amide bonds. The molecule has 18 heavy (non-hydrogen) atoms. The third kappa shape index (κ3) is 1.94. The lowest BCUT2D eigenvalue weighted by molar-refractivity contribution is 0.839. The summed E-state index contributed by atoms with van der Waals surface area (Å²) in [7, 11) is 0. The van der Waals surface area contributed by atoms with E-state index < -0.39 is 0 Å². The molecule has 0 aromatic rings. The van der Waals surface area contributed by atoms with Gasteiger partial charge in [0.1, 0.15) is 0 Å². The van der Waals surface area contributed by atoms with E-state index in [2.05, 4.69) is 58.6 Å². The van der Waals surface area contributed by atoms with Crippen LogP contribution in [0.25, 0.3) is 0 Å². The summed E-state index contributed by atoms with van der Waals surface area (Å²) in [6, 6.07) is 0. The quantitative estimate of drug-likeness (QED) is 0.620. The molecule has 2 aliphatic carbocycles. The van der Waals surface area contributed by atoms with E-state index in [-0.39, 0.29) is 0 Å². The van der Waals surface area contributed by atoms with E-state index >= 15 is 0 Å². The van der Waals surface area contributed by atoms with Crippen molar-refractivity contribution in [1.82, 2.24) is 0 Å². The first kappa shape index (κ1) is 13.1. The Hall–Kier alpha value is -1.30. The van der Waals surface area contributed by atoms with Crippen LogP contribution >= 0.6 is 0 Å². The molecular weight excluding hydrogens is 216 g/mol. The van der Waals surface area contributed by atoms with Crippen LogP contribution in [-0.4, -0.2) is 0 Å². The molecule has 2 aliphatic rings. The van der Waals surface area contributed by atoms with E-state index in [4.69, 9.17) is 0 Å². The van der Waals surface area contributed by atoms with Crippen molar-refractivity contribution < 1.29 is 0 Å². The predicted octanol–water partition coefficient (Wildman–Crippen LogP) is 5.37. The number of rotatable bonds is 4. The van der Waals surface area contributed by atoms with E-state index in [0.717, 1.165) is 18.3 Å². The largest absolute Gasteiger partial charge is 0.0988 e. The van der Waals surface area contributed by atoms with Gasteiger partial charge in [0.15, 0.2) is 0 Å². The molecule has 0 aromatic carbocycles. The molecule has 1 saturated carbocycles. The molecule has 2 atom stereocenters. The smallest absolute Gasteiger partial charge is 0.00808 e. The Bertz CT molecular complexity index is 480. The van der Waals surface area contributed by atoms with Gasteiger partial charge in [-0.05, 0) is 67.7 Å². The number of hydrogen-bond donors (Lipinski definition) is 0. The van der Waals surface area contributed by atoms with Crippen LogP contribution < -0.4 is 0 Å². The molecule has 0 N–H and O–H groups in total. The second kappa shape index (κ2) is 5.14. The molecular formula is C18H24. The second-order valence-corrected chi connectivity index (χ2v) is 5.24. The average molecular weight is 240 g/mol. The van der Waals surface area contributed by atoms with Crippen LogP contribution in [0.5, 0.6) is 0 Å². The van der Waals surface area contributed by atoms with E-state index in [0.29, 0.717) is 0 Å². The fourth-order valence-electron chi connectivity index (χ4n) is 3.29. The van der Waals surface area contributed by atoms with Crippen LogP contribution in [0, 0.1) is 11.8 Å². The lowest BCUT2D eigenvalue weighted by Gasteiger charge is -2.23. The Morgan fingerprint density at radius 3 is 2.56 bits per heavy atom. The van der Waals surface area contributed by atoms with Crippen molar-refractivity contribution in [2.75, 3.05) is 0 Å². The summed E-state index contributed by atoms with van der Waals surface area (Å²) in [5.41, 5.74) is 7.53. The van der Waals surface area contributed by atoms with E-state index in [9.17, 15) is 0 Å². The number of hydrogen-bond acceptors (Lipinski definition) is 0. The third-order valence-electron chi connectivity index (χ3n) is 4.29. The van der Waals surface area contributed by atoms with Gasteiger partial charge in [0.2, 0.25) is 0 Å². The van der Waals surface area contributed by atoms with Crippen LogP contribution in [0.4, 0.5) is 0 Å². The third-order valence-corrected chi connectivity index (χ3v) is 4.29. The number of allylic oxidation sites excluding steroid dienone is 9. The zero-order valence-electron chi connectivity index (χ0n) is 12.1. The van der Waals surface area contributed by atoms with Gasteiger partial charge in [-0.3, -0.25) is 0 Å². The van der Waals surface area contributed by atoms with Gasteiger partial charge in [0, 0.05) is 0 Å². The van der Waals surface area contributed by atoms with Crippen molar-refractivity contribution in [1.29, 1.82) is 0 Å². The van der Waals surface area contributed by atoms with Crippen molar-refractivity contribution >= 4 is 0 Å². The van der Waals surface area contributed by atoms with Gasteiger partial charge in [-0.2, -0.15) is 0 Å². The van der Waals surface area contributed by atoms with Crippen molar-refractivity contribution in [3.8, 4) is 0 Å². The molecule has 0 heteroatoms. The fourth-order valence-corrected chi connectivity index (χ4v) is 3.29. The molecule has 0 aromatic heterocycles. The molecule has 2 rings (SSSR count). The Morgan fingerprint density at radius 1 is 1.33 bits per heavy atom. The minimum absolute atomic E-state index is 0.730. The molecule has 0 saturated heterocycles. The first-order chi connectivity index (χ1) is 8.69. The minimum atomic E-state index is 0.730. The molecule has 1 fully saturated rings. The second-order valence-electron chi connectivity index (χ2n) is 5.24. The highest BCUT2D eigenvalue weighted by atomic mass is 14.5. The van der Waals surface area contributed by atoms with E-state index in [1.807, 2.05) is 0 Å². The minimum Gasteiger partial charge on any atom is -0.0988 e. The van der Waals surface area contributed by atoms with Gasteiger partial charge in [0.05, 0.1) is 0 Å². The molecule has 0 radical (unpaired) electrons. The summed E-state index contributed by atoms with van der Waals surface area (Å²) >= 11 is 0. The summed E-state index contributed by atoms with van der Waals surface area (Å²) in [5.74, 6) is 1.49. The molecule has 2 unspecified atom stereocenters. The topological polar surface area (TPSA) is 0 Å². The monoisotopic (exact) mass is 240 g/mol. The van der Waals surface area contributed by atoms with Gasteiger partial charge in [-0.15, -0.1) is 0 Å². The summed E-state index contributed by atoms with van der Waals surface area (Å²) in [6.45, 7) is 12.8. The van der Waals surface area contributed by atoms with Crippen LogP contribution in [0.15, 0.2) is 58.7 Å². The predicted molar refractivity (Wildman–Crippen MR) is 80.4 cm³/mol. The van der Waals surface area contributed by atoms with Crippen LogP contribution in [0.1, 0.15) is 40.5 Å². The lowest BCUT2D eigenvalue weighted by atomic mass is 9.81. The van der Waals surface area contributed by atoms with Crippen molar-refractivity contribution in [3.63, 3.8) is 0 Å². The molecule has 0 bridgehead atoms. The van der Waals surface area contributed by atoms with Gasteiger partial charge in [-0.1, -0.05) is 43.4 Å². The first-order valence-electron chi connectivity index (χ1n) is 7.05. The Labute approximate surface area is 111 Å². The van der Waals surface area contributed by atoms with Crippen molar-refractivity contribution in [2.24, 2.45) is 11.8 Å². The maximum Gasteiger partial charge on any atom is -0.00808 e. The molecule has 96 valence electrons. The Morgan fingerprint density at radius 2 is 2.06 bits per heavy atom. The Balaban J connectivity index is 2.63. The zero-order valence-corrected chi connectivity index (χ0v) is 12.1. The first-order valence-corrected chi connectivity index (χ1v) is 7.05. The molecule has 0 heterocycles. The van der Waals surface area contributed by atoms with Crippen molar-refractivity contribution in [3.05, 3.63) is 58.7 Å². The molecule has 0 spiro atoms. The lowest BCUT2D eigenvalue weighted by Crippen LogP contribution is -2.08. The SMILES string of the molecule is C=CC1=C(/C=C\C)C(CC)=C(/C(C)=C\C)C2CC12. The Kier molecular flexibility index (Phi) is 3.75. The highest BCUT2D eigenvalue weighted by Gasteiger charge is 2.46. The highest BCUT2D eigenvalue weighted by Crippen LogP contribution is 2.57. The zero-order chi connectivity index (χ0) is 13.3. The van der Waals surface area contributed by atoms with Crippen LogP contribution in [0.2, 0.25) is 0 Å². The van der Waals surface area contributed by atoms with Crippen LogP contribution in [-0.2, 0) is 0 Å². The molecule has 0 nitrogen and oxygen atoms in total. The van der Waals surface area contributed by atoms with Gasteiger partial charge >= 0.3 is 0 Å². The summed E-state index contributed by atoms with van der Waals surface area (Å²) in [5, 5.41) is 0. The van der Waals surface area contributed by atoms with E-state index in [1.54, 1.807) is 5.57 Å². The van der Waals surface area contributed by atoms with E-state index in [1.165, 1.54) is 28.7 Å². The van der Waals surface area contributed by atoms with Gasteiger partial charge in [0.25, 0.3) is 0 Å². The highest BCUT2D eigenvalue weighted by molar-refractivity contribution is 5.60. The number of fused-ring (bicyclic) bond motifs is 1. The fraction of sp³-hybridized carbons (Fsp3) is 0.444. The van der Waals surface area contributed by atoms with Gasteiger partial charge in [-0.25, -0.2) is 0 Å². The maximum atomic E-state index is 4.02. The summed E-state index contributed by atoms with van der Waals surface area (Å²) in [6.07, 6.45) is 11.2. The molecule has 0 aliphatic heterocycles. The van der Waals surface area contributed by atoms with Crippen LogP contribution in [0.3, 0.4) is 0 Å². The maximum absolute atomic E-state index is 4.02. The van der Waals surface area contributed by atoms with Gasteiger partial charge < -0.3 is 0 Å². The average Bonchev–Trinajstić information content (AvgIpc) is 3.16. The summed E-state index contributed by atoms with van der Waals surface area (Å²) < 4.78 is 0. The summed E-state index contributed by atoms with van der Waals surface area (Å²) in [4.78, 5) is 0. The normalized spacial score (nSPS) is 27.9.